The molecule has 180 valence electrons. The summed E-state index contributed by atoms with van der Waals surface area (Å²) < 4.78 is 10.4. The van der Waals surface area contributed by atoms with Gasteiger partial charge in [0.15, 0.2) is 5.96 Å². The maximum absolute atomic E-state index is 13.2. The van der Waals surface area contributed by atoms with Gasteiger partial charge in [-0.1, -0.05) is 18.2 Å². The zero-order valence-electron chi connectivity index (χ0n) is 19.2. The summed E-state index contributed by atoms with van der Waals surface area (Å²) >= 11 is 0. The number of guanidine groups is 1. The summed E-state index contributed by atoms with van der Waals surface area (Å²) in [5, 5.41) is 0. The number of ether oxygens (including phenoxy) is 2. The number of rotatable bonds is 9. The summed E-state index contributed by atoms with van der Waals surface area (Å²) in [5.74, 6) is -1.03. The van der Waals surface area contributed by atoms with Crippen molar-refractivity contribution in [1.29, 1.82) is 0 Å². The Labute approximate surface area is 203 Å². The first kappa shape index (κ1) is 25.0. The van der Waals surface area contributed by atoms with Gasteiger partial charge in [0.25, 0.3) is 5.91 Å². The quantitative estimate of drug-likeness (QED) is 0.210. The second kappa shape index (κ2) is 12.0. The molecule has 0 saturated carbocycles. The first-order valence-electron chi connectivity index (χ1n) is 10.9. The highest BCUT2D eigenvalue weighted by Gasteiger charge is 2.20. The Morgan fingerprint density at radius 3 is 2.09 bits per heavy atom. The van der Waals surface area contributed by atoms with Crippen molar-refractivity contribution in [3.8, 4) is 5.75 Å². The van der Waals surface area contributed by atoms with Crippen LogP contribution in [0, 0.1) is 0 Å². The summed E-state index contributed by atoms with van der Waals surface area (Å²) in [7, 11) is 0. The SMILES string of the molecule is CCOC(=O)CCN(C(=O)c1ccc(C(=O)Oc2ccc(N=C(N)N)cc2)cc1)c1ccccc1. The Morgan fingerprint density at radius 1 is 0.857 bits per heavy atom. The number of aliphatic imine (C=N–C) groups is 1. The van der Waals surface area contributed by atoms with Crippen molar-refractivity contribution in [2.75, 3.05) is 18.1 Å². The zero-order valence-corrected chi connectivity index (χ0v) is 19.2. The number of amides is 1. The standard InChI is InChI=1S/C26H26N4O5/c1-2-34-23(31)16-17-30(21-6-4-3-5-7-21)24(32)18-8-10-19(11-9-18)25(33)35-22-14-12-20(13-15-22)29-26(27)28/h3-15H,2,16-17H2,1H3,(H4,27,28,29). The number of esters is 2. The predicted octanol–water partition coefficient (Wildman–Crippen LogP) is 3.41. The number of benzene rings is 3. The summed E-state index contributed by atoms with van der Waals surface area (Å²) in [6, 6.07) is 21.5. The molecule has 0 unspecified atom stereocenters. The highest BCUT2D eigenvalue weighted by atomic mass is 16.5. The summed E-state index contributed by atoms with van der Waals surface area (Å²) in [6.45, 7) is 2.16. The number of nitrogens with zero attached hydrogens (tertiary/aromatic N) is 2. The van der Waals surface area contributed by atoms with Gasteiger partial charge in [-0.15, -0.1) is 0 Å². The van der Waals surface area contributed by atoms with E-state index in [1.165, 1.54) is 17.0 Å². The number of para-hydroxylation sites is 1. The van der Waals surface area contributed by atoms with Crippen molar-refractivity contribution in [3.05, 3.63) is 90.0 Å². The molecule has 0 heterocycles. The molecule has 35 heavy (non-hydrogen) atoms. The van der Waals surface area contributed by atoms with E-state index in [4.69, 9.17) is 20.9 Å². The van der Waals surface area contributed by atoms with E-state index in [2.05, 4.69) is 4.99 Å². The van der Waals surface area contributed by atoms with Crippen LogP contribution in [-0.2, 0) is 9.53 Å². The van der Waals surface area contributed by atoms with E-state index in [1.54, 1.807) is 55.5 Å². The second-order valence-electron chi connectivity index (χ2n) is 7.34. The van der Waals surface area contributed by atoms with Crippen LogP contribution < -0.4 is 21.1 Å². The molecule has 3 rings (SSSR count). The summed E-state index contributed by atoms with van der Waals surface area (Å²) in [5.41, 5.74) is 12.5. The number of anilines is 1. The molecule has 3 aromatic rings. The number of carbonyl (C=O) groups is 3. The molecular weight excluding hydrogens is 448 g/mol. The molecular formula is C26H26N4O5. The molecule has 0 aliphatic rings. The third kappa shape index (κ3) is 7.16. The van der Waals surface area contributed by atoms with Crippen LogP contribution in [0.4, 0.5) is 11.4 Å². The molecule has 4 N–H and O–H groups in total. The van der Waals surface area contributed by atoms with Crippen molar-refractivity contribution in [1.82, 2.24) is 0 Å². The van der Waals surface area contributed by atoms with E-state index < -0.39 is 5.97 Å². The number of carbonyl (C=O) groups excluding carboxylic acids is 3. The van der Waals surface area contributed by atoms with Gasteiger partial charge >= 0.3 is 11.9 Å². The fourth-order valence-corrected chi connectivity index (χ4v) is 3.20. The predicted molar refractivity (Wildman–Crippen MR) is 133 cm³/mol. The zero-order chi connectivity index (χ0) is 25.2. The summed E-state index contributed by atoms with van der Waals surface area (Å²) in [4.78, 5) is 43.0. The molecule has 0 aromatic heterocycles. The molecule has 0 bridgehead atoms. The van der Waals surface area contributed by atoms with Crippen LogP contribution in [0.1, 0.15) is 34.1 Å². The Balaban J connectivity index is 1.71. The molecule has 9 nitrogen and oxygen atoms in total. The number of nitrogens with two attached hydrogens (primary N) is 2. The van der Waals surface area contributed by atoms with Crippen molar-refractivity contribution in [3.63, 3.8) is 0 Å². The van der Waals surface area contributed by atoms with Gasteiger partial charge in [-0.05, 0) is 67.6 Å². The topological polar surface area (TPSA) is 137 Å². The average molecular weight is 475 g/mol. The van der Waals surface area contributed by atoms with Gasteiger partial charge in [-0.3, -0.25) is 9.59 Å². The van der Waals surface area contributed by atoms with Gasteiger partial charge in [0.05, 0.1) is 24.3 Å². The van der Waals surface area contributed by atoms with Crippen molar-refractivity contribution >= 4 is 35.2 Å². The Bertz CT molecular complexity index is 1190. The van der Waals surface area contributed by atoms with Gasteiger partial charge in [-0.2, -0.15) is 0 Å². The monoisotopic (exact) mass is 474 g/mol. The minimum absolute atomic E-state index is 0.0564. The molecule has 0 spiro atoms. The maximum atomic E-state index is 13.2. The largest absolute Gasteiger partial charge is 0.466 e. The Hall–Kier alpha value is -4.66. The van der Waals surface area contributed by atoms with E-state index in [-0.39, 0.29) is 43.0 Å². The van der Waals surface area contributed by atoms with Crippen LogP contribution in [0.25, 0.3) is 0 Å². The minimum Gasteiger partial charge on any atom is -0.466 e. The Morgan fingerprint density at radius 2 is 1.49 bits per heavy atom. The number of hydrogen-bond acceptors (Lipinski definition) is 6. The molecule has 9 heteroatoms. The minimum atomic E-state index is -0.583. The van der Waals surface area contributed by atoms with Crippen molar-refractivity contribution in [2.45, 2.75) is 13.3 Å². The smallest absolute Gasteiger partial charge is 0.343 e. The fourth-order valence-electron chi connectivity index (χ4n) is 3.20. The van der Waals surface area contributed by atoms with Crippen LogP contribution >= 0.6 is 0 Å². The van der Waals surface area contributed by atoms with E-state index >= 15 is 0 Å². The molecule has 0 radical (unpaired) electrons. The summed E-state index contributed by atoms with van der Waals surface area (Å²) in [6.07, 6.45) is 0.0564. The van der Waals surface area contributed by atoms with Crippen LogP contribution in [0.2, 0.25) is 0 Å². The third-order valence-corrected chi connectivity index (χ3v) is 4.83. The molecule has 0 fully saturated rings. The van der Waals surface area contributed by atoms with E-state index in [0.29, 0.717) is 22.7 Å². The number of hydrogen-bond donors (Lipinski definition) is 2. The lowest BCUT2D eigenvalue weighted by Gasteiger charge is -2.22. The van der Waals surface area contributed by atoms with Crippen molar-refractivity contribution < 1.29 is 23.9 Å². The lowest BCUT2D eigenvalue weighted by Crippen LogP contribution is -2.33. The van der Waals surface area contributed by atoms with Gasteiger partial charge in [-0.25, -0.2) is 9.79 Å². The van der Waals surface area contributed by atoms with Gasteiger partial charge in [0, 0.05) is 17.8 Å². The molecule has 0 aliphatic heterocycles. The molecule has 3 aromatic carbocycles. The lowest BCUT2D eigenvalue weighted by molar-refractivity contribution is -0.142. The lowest BCUT2D eigenvalue weighted by atomic mass is 10.1. The van der Waals surface area contributed by atoms with Gasteiger partial charge in [0.1, 0.15) is 5.75 Å². The third-order valence-electron chi connectivity index (χ3n) is 4.83. The van der Waals surface area contributed by atoms with Gasteiger partial charge in [0.2, 0.25) is 0 Å². The first-order valence-corrected chi connectivity index (χ1v) is 10.9. The molecule has 0 aliphatic carbocycles. The van der Waals surface area contributed by atoms with Crippen LogP contribution in [0.5, 0.6) is 5.75 Å². The van der Waals surface area contributed by atoms with Crippen molar-refractivity contribution in [2.24, 2.45) is 16.5 Å². The van der Waals surface area contributed by atoms with Gasteiger partial charge < -0.3 is 25.8 Å². The highest BCUT2D eigenvalue weighted by molar-refractivity contribution is 6.06. The van der Waals surface area contributed by atoms with Crippen LogP contribution in [0.15, 0.2) is 83.9 Å². The normalized spacial score (nSPS) is 10.2. The van der Waals surface area contributed by atoms with E-state index in [0.717, 1.165) is 0 Å². The Kier molecular flexibility index (Phi) is 8.55. The fraction of sp³-hybridized carbons (Fsp3) is 0.154. The highest BCUT2D eigenvalue weighted by Crippen LogP contribution is 2.21. The van der Waals surface area contributed by atoms with E-state index in [1.807, 2.05) is 18.2 Å². The van der Waals surface area contributed by atoms with Crippen LogP contribution in [0.3, 0.4) is 0 Å². The second-order valence-corrected chi connectivity index (χ2v) is 7.34. The van der Waals surface area contributed by atoms with E-state index in [9.17, 15) is 14.4 Å². The molecule has 1 amide bonds. The first-order chi connectivity index (χ1) is 16.9. The molecule has 0 saturated heterocycles. The average Bonchev–Trinajstić information content (AvgIpc) is 2.86. The maximum Gasteiger partial charge on any atom is 0.343 e. The molecule has 0 atom stereocenters. The van der Waals surface area contributed by atoms with Crippen LogP contribution in [-0.4, -0.2) is 37.0 Å².